The minimum absolute atomic E-state index is 0.00583. The second-order valence-electron chi connectivity index (χ2n) is 4.71. The SMILES string of the molecule is COCC(=O)N1CCN(S(=O)(=O)CCCC(=O)OC)CC1. The van der Waals surface area contributed by atoms with Gasteiger partial charge in [0, 0.05) is 39.7 Å². The first-order valence-corrected chi connectivity index (χ1v) is 8.33. The first kappa shape index (κ1) is 17.9. The molecule has 0 radical (unpaired) electrons. The summed E-state index contributed by atoms with van der Waals surface area (Å²) in [5.74, 6) is -0.644. The third-order valence-corrected chi connectivity index (χ3v) is 5.22. The van der Waals surface area contributed by atoms with Crippen molar-refractivity contribution in [2.75, 3.05) is 52.8 Å². The average molecular weight is 322 g/mol. The minimum Gasteiger partial charge on any atom is -0.469 e. The number of hydrogen-bond acceptors (Lipinski definition) is 6. The van der Waals surface area contributed by atoms with Gasteiger partial charge in [0.2, 0.25) is 15.9 Å². The van der Waals surface area contributed by atoms with Crippen molar-refractivity contribution in [1.82, 2.24) is 9.21 Å². The molecule has 0 saturated carbocycles. The molecule has 1 aliphatic rings. The first-order valence-electron chi connectivity index (χ1n) is 6.72. The van der Waals surface area contributed by atoms with Crippen LogP contribution in [-0.4, -0.2) is 82.3 Å². The van der Waals surface area contributed by atoms with Crippen molar-refractivity contribution in [2.45, 2.75) is 12.8 Å². The van der Waals surface area contributed by atoms with Gasteiger partial charge in [0.05, 0.1) is 12.9 Å². The van der Waals surface area contributed by atoms with Crippen molar-refractivity contribution in [2.24, 2.45) is 0 Å². The Bertz CT molecular complexity index is 456. The first-order chi connectivity index (χ1) is 9.90. The molecule has 0 aromatic heterocycles. The second-order valence-corrected chi connectivity index (χ2v) is 6.80. The number of esters is 1. The number of carbonyl (C=O) groups is 2. The van der Waals surface area contributed by atoms with Crippen molar-refractivity contribution < 1.29 is 27.5 Å². The number of nitrogens with zero attached hydrogens (tertiary/aromatic N) is 2. The van der Waals surface area contributed by atoms with Crippen LogP contribution >= 0.6 is 0 Å². The van der Waals surface area contributed by atoms with Crippen LogP contribution in [0.3, 0.4) is 0 Å². The van der Waals surface area contributed by atoms with E-state index in [0.29, 0.717) is 13.1 Å². The van der Waals surface area contributed by atoms with Crippen LogP contribution in [0.5, 0.6) is 0 Å². The molecule has 21 heavy (non-hydrogen) atoms. The molecule has 0 aromatic carbocycles. The van der Waals surface area contributed by atoms with Gasteiger partial charge in [-0.15, -0.1) is 0 Å². The van der Waals surface area contributed by atoms with Crippen LogP contribution in [0.2, 0.25) is 0 Å². The number of sulfonamides is 1. The Balaban J connectivity index is 2.41. The van der Waals surface area contributed by atoms with Crippen LogP contribution in [0, 0.1) is 0 Å². The third-order valence-electron chi connectivity index (χ3n) is 3.26. The molecule has 0 unspecified atom stereocenters. The van der Waals surface area contributed by atoms with Gasteiger partial charge < -0.3 is 14.4 Å². The summed E-state index contributed by atoms with van der Waals surface area (Å²) in [5.41, 5.74) is 0. The molecular formula is C12H22N2O6S. The molecule has 1 fully saturated rings. The molecule has 1 aliphatic heterocycles. The Morgan fingerprint density at radius 2 is 1.71 bits per heavy atom. The summed E-state index contributed by atoms with van der Waals surface area (Å²) in [6.07, 6.45) is 0.319. The Hall–Kier alpha value is -1.19. The predicted octanol–water partition coefficient (Wildman–Crippen LogP) is -0.940. The van der Waals surface area contributed by atoms with Gasteiger partial charge in [-0.25, -0.2) is 8.42 Å². The fourth-order valence-electron chi connectivity index (χ4n) is 2.06. The van der Waals surface area contributed by atoms with Gasteiger partial charge in [-0.2, -0.15) is 4.31 Å². The molecular weight excluding hydrogens is 300 g/mol. The van der Waals surface area contributed by atoms with E-state index in [1.54, 1.807) is 4.90 Å². The highest BCUT2D eigenvalue weighted by molar-refractivity contribution is 7.89. The number of rotatable bonds is 7. The number of ether oxygens (including phenoxy) is 2. The van der Waals surface area contributed by atoms with Gasteiger partial charge in [-0.05, 0) is 6.42 Å². The molecule has 122 valence electrons. The average Bonchev–Trinajstić information content (AvgIpc) is 2.47. The van der Waals surface area contributed by atoms with Crippen molar-refractivity contribution >= 4 is 21.9 Å². The van der Waals surface area contributed by atoms with Gasteiger partial charge in [-0.1, -0.05) is 0 Å². The molecule has 0 spiro atoms. The smallest absolute Gasteiger partial charge is 0.305 e. The van der Waals surface area contributed by atoms with Crippen LogP contribution in [0.25, 0.3) is 0 Å². The highest BCUT2D eigenvalue weighted by atomic mass is 32.2. The molecule has 1 heterocycles. The van der Waals surface area contributed by atoms with E-state index in [9.17, 15) is 18.0 Å². The molecule has 1 amide bonds. The predicted molar refractivity (Wildman–Crippen MR) is 75.1 cm³/mol. The van der Waals surface area contributed by atoms with Crippen molar-refractivity contribution in [3.05, 3.63) is 0 Å². The van der Waals surface area contributed by atoms with Gasteiger partial charge in [0.15, 0.2) is 0 Å². The fourth-order valence-corrected chi connectivity index (χ4v) is 3.55. The van der Waals surface area contributed by atoms with E-state index < -0.39 is 16.0 Å². The normalized spacial score (nSPS) is 16.8. The van der Waals surface area contributed by atoms with E-state index in [-0.39, 0.29) is 44.2 Å². The zero-order chi connectivity index (χ0) is 15.9. The van der Waals surface area contributed by atoms with Crippen molar-refractivity contribution in [3.63, 3.8) is 0 Å². The lowest BCUT2D eigenvalue weighted by Gasteiger charge is -2.33. The molecule has 1 rings (SSSR count). The maximum atomic E-state index is 12.1. The molecule has 0 bridgehead atoms. The number of hydrogen-bond donors (Lipinski definition) is 0. The zero-order valence-electron chi connectivity index (χ0n) is 12.4. The molecule has 0 N–H and O–H groups in total. The molecule has 0 aromatic rings. The van der Waals surface area contributed by atoms with Crippen LogP contribution in [0.4, 0.5) is 0 Å². The molecule has 0 atom stereocenters. The Kier molecular flexibility index (Phi) is 7.06. The standard InChI is InChI=1S/C12H22N2O6S/c1-19-10-11(15)13-5-7-14(8-6-13)21(17,18)9-3-4-12(16)20-2/h3-10H2,1-2H3. The number of methoxy groups -OCH3 is 2. The lowest BCUT2D eigenvalue weighted by atomic mass is 10.3. The molecule has 9 heteroatoms. The topological polar surface area (TPSA) is 93.2 Å². The highest BCUT2D eigenvalue weighted by Gasteiger charge is 2.28. The lowest BCUT2D eigenvalue weighted by Crippen LogP contribution is -2.51. The van der Waals surface area contributed by atoms with Crippen LogP contribution in [0.15, 0.2) is 0 Å². The number of carbonyl (C=O) groups excluding carboxylic acids is 2. The van der Waals surface area contributed by atoms with Gasteiger partial charge in [0.1, 0.15) is 6.61 Å². The molecule has 8 nitrogen and oxygen atoms in total. The number of amides is 1. The minimum atomic E-state index is -3.39. The van der Waals surface area contributed by atoms with E-state index in [2.05, 4.69) is 4.74 Å². The van der Waals surface area contributed by atoms with Gasteiger partial charge in [0.25, 0.3) is 0 Å². The van der Waals surface area contributed by atoms with Crippen molar-refractivity contribution in [3.8, 4) is 0 Å². The summed E-state index contributed by atoms with van der Waals surface area (Å²) in [7, 11) is -0.677. The summed E-state index contributed by atoms with van der Waals surface area (Å²) in [6, 6.07) is 0. The number of piperazine rings is 1. The monoisotopic (exact) mass is 322 g/mol. The maximum Gasteiger partial charge on any atom is 0.305 e. The van der Waals surface area contributed by atoms with E-state index in [1.807, 2.05) is 0 Å². The summed E-state index contributed by atoms with van der Waals surface area (Å²) < 4.78 is 34.8. The van der Waals surface area contributed by atoms with Gasteiger partial charge >= 0.3 is 5.97 Å². The van der Waals surface area contributed by atoms with Crippen LogP contribution in [-0.2, 0) is 29.1 Å². The van der Waals surface area contributed by atoms with Crippen LogP contribution < -0.4 is 0 Å². The summed E-state index contributed by atoms with van der Waals surface area (Å²) in [5, 5.41) is 0. The fraction of sp³-hybridized carbons (Fsp3) is 0.833. The summed E-state index contributed by atoms with van der Waals surface area (Å²) in [6.45, 7) is 1.27. The quantitative estimate of drug-likeness (QED) is 0.562. The Morgan fingerprint density at radius 3 is 2.24 bits per heavy atom. The summed E-state index contributed by atoms with van der Waals surface area (Å²) in [4.78, 5) is 24.2. The Morgan fingerprint density at radius 1 is 1.10 bits per heavy atom. The van der Waals surface area contributed by atoms with E-state index in [0.717, 1.165) is 0 Å². The van der Waals surface area contributed by atoms with E-state index in [1.165, 1.54) is 18.5 Å². The largest absolute Gasteiger partial charge is 0.469 e. The summed E-state index contributed by atoms with van der Waals surface area (Å²) >= 11 is 0. The second kappa shape index (κ2) is 8.30. The highest BCUT2D eigenvalue weighted by Crippen LogP contribution is 2.10. The molecule has 1 saturated heterocycles. The molecule has 0 aliphatic carbocycles. The van der Waals surface area contributed by atoms with E-state index >= 15 is 0 Å². The third kappa shape index (κ3) is 5.60. The van der Waals surface area contributed by atoms with Crippen LogP contribution in [0.1, 0.15) is 12.8 Å². The van der Waals surface area contributed by atoms with E-state index in [4.69, 9.17) is 4.74 Å². The van der Waals surface area contributed by atoms with Crippen molar-refractivity contribution in [1.29, 1.82) is 0 Å². The lowest BCUT2D eigenvalue weighted by molar-refractivity contribution is -0.140. The Labute approximate surface area is 125 Å². The maximum absolute atomic E-state index is 12.1. The van der Waals surface area contributed by atoms with Gasteiger partial charge in [-0.3, -0.25) is 9.59 Å². The zero-order valence-corrected chi connectivity index (χ0v) is 13.2.